The summed E-state index contributed by atoms with van der Waals surface area (Å²) in [5.41, 5.74) is 0.663. The molecular formula is C15H24ClNO2S. The maximum Gasteiger partial charge on any atom is 0.240 e. The molecule has 20 heavy (non-hydrogen) atoms. The van der Waals surface area contributed by atoms with Gasteiger partial charge in [0.15, 0.2) is 0 Å². The molecule has 0 radical (unpaired) electrons. The van der Waals surface area contributed by atoms with Crippen molar-refractivity contribution in [1.29, 1.82) is 0 Å². The van der Waals surface area contributed by atoms with E-state index in [9.17, 15) is 8.42 Å². The smallest absolute Gasteiger partial charge is 0.211 e. The molecule has 0 amide bonds. The van der Waals surface area contributed by atoms with E-state index >= 15 is 0 Å². The quantitative estimate of drug-likeness (QED) is 0.866. The summed E-state index contributed by atoms with van der Waals surface area (Å²) in [6.45, 7) is 10.7. The fraction of sp³-hybridized carbons (Fsp3) is 0.600. The predicted molar refractivity (Wildman–Crippen MR) is 84.5 cm³/mol. The highest BCUT2D eigenvalue weighted by Gasteiger charge is 2.22. The molecule has 1 N–H and O–H groups in total. The molecule has 0 aromatic heterocycles. The Balaban J connectivity index is 2.90. The van der Waals surface area contributed by atoms with Crippen molar-refractivity contribution in [2.75, 3.05) is 6.54 Å². The lowest BCUT2D eigenvalue weighted by atomic mass is 9.86. The summed E-state index contributed by atoms with van der Waals surface area (Å²) in [4.78, 5) is 0.299. The summed E-state index contributed by atoms with van der Waals surface area (Å²) >= 11 is 5.86. The molecule has 0 bridgehead atoms. The Morgan fingerprint density at radius 2 is 1.70 bits per heavy atom. The Kier molecular flexibility index (Phi) is 6.05. The van der Waals surface area contributed by atoms with Crippen LogP contribution in [-0.4, -0.2) is 15.0 Å². The van der Waals surface area contributed by atoms with Crippen LogP contribution in [0.25, 0.3) is 0 Å². The van der Waals surface area contributed by atoms with Crippen LogP contribution < -0.4 is 4.72 Å². The van der Waals surface area contributed by atoms with Gasteiger partial charge >= 0.3 is 0 Å². The Morgan fingerprint density at radius 1 is 1.15 bits per heavy atom. The molecule has 114 valence electrons. The summed E-state index contributed by atoms with van der Waals surface area (Å²) < 4.78 is 27.4. The van der Waals surface area contributed by atoms with Crippen molar-refractivity contribution in [3.63, 3.8) is 0 Å². The normalized spacial score (nSPS) is 12.7. The van der Waals surface area contributed by atoms with Gasteiger partial charge in [-0.15, -0.1) is 0 Å². The van der Waals surface area contributed by atoms with Gasteiger partial charge in [0.2, 0.25) is 10.0 Å². The second-order valence-electron chi connectivity index (χ2n) is 5.91. The first kappa shape index (κ1) is 17.5. The Hall–Kier alpha value is -0.580. The molecule has 0 unspecified atom stereocenters. The zero-order valence-electron chi connectivity index (χ0n) is 12.8. The molecule has 0 heterocycles. The molecule has 1 aromatic carbocycles. The highest BCUT2D eigenvalue weighted by molar-refractivity contribution is 7.89. The first-order valence-electron chi connectivity index (χ1n) is 6.91. The summed E-state index contributed by atoms with van der Waals surface area (Å²) in [6.07, 6.45) is 0. The largest absolute Gasteiger partial charge is 0.240 e. The number of nitrogens with one attached hydrogen (secondary N) is 1. The fourth-order valence-electron chi connectivity index (χ4n) is 2.44. The lowest BCUT2D eigenvalue weighted by Gasteiger charge is -2.25. The molecule has 0 spiro atoms. The molecule has 1 aromatic rings. The summed E-state index contributed by atoms with van der Waals surface area (Å²) in [5.74, 6) is 1.19. The number of sulfonamides is 1. The van der Waals surface area contributed by atoms with Gasteiger partial charge in [-0.25, -0.2) is 13.1 Å². The Morgan fingerprint density at radius 3 is 2.15 bits per heavy atom. The molecule has 0 fully saturated rings. The van der Waals surface area contributed by atoms with Gasteiger partial charge in [0.05, 0.1) is 4.90 Å². The van der Waals surface area contributed by atoms with E-state index in [4.69, 9.17) is 11.6 Å². The highest BCUT2D eigenvalue weighted by Crippen LogP contribution is 2.22. The standard InChI is InChI=1S/C15H24ClNO2S/c1-10(2)14(11(3)4)9-17-20(18,19)15-7-6-13(16)8-12(15)5/h6-8,10-11,14,17H,9H2,1-5H3. The van der Waals surface area contributed by atoms with Crippen LogP contribution in [0, 0.1) is 24.7 Å². The summed E-state index contributed by atoms with van der Waals surface area (Å²) in [7, 11) is -3.48. The molecule has 0 atom stereocenters. The van der Waals surface area contributed by atoms with Crippen molar-refractivity contribution < 1.29 is 8.42 Å². The molecule has 0 saturated carbocycles. The number of halogens is 1. The molecule has 0 saturated heterocycles. The third kappa shape index (κ3) is 4.47. The van der Waals surface area contributed by atoms with Crippen LogP contribution >= 0.6 is 11.6 Å². The van der Waals surface area contributed by atoms with Gasteiger partial charge in [-0.1, -0.05) is 39.3 Å². The van der Waals surface area contributed by atoms with E-state index < -0.39 is 10.0 Å². The minimum atomic E-state index is -3.48. The van der Waals surface area contributed by atoms with Crippen LogP contribution in [0.2, 0.25) is 5.02 Å². The monoisotopic (exact) mass is 317 g/mol. The van der Waals surface area contributed by atoms with E-state index in [1.54, 1.807) is 25.1 Å². The second-order valence-corrected chi connectivity index (χ2v) is 8.09. The van der Waals surface area contributed by atoms with Gasteiger partial charge in [0, 0.05) is 11.6 Å². The highest BCUT2D eigenvalue weighted by atomic mass is 35.5. The van der Waals surface area contributed by atoms with Crippen LogP contribution in [0.4, 0.5) is 0 Å². The van der Waals surface area contributed by atoms with Crippen molar-refractivity contribution in [2.45, 2.75) is 39.5 Å². The van der Waals surface area contributed by atoms with Gasteiger partial charge in [0.1, 0.15) is 0 Å². The molecule has 5 heteroatoms. The average Bonchev–Trinajstić information content (AvgIpc) is 2.26. The fourth-order valence-corrected chi connectivity index (χ4v) is 3.96. The van der Waals surface area contributed by atoms with Gasteiger partial charge in [-0.3, -0.25) is 0 Å². The first-order chi connectivity index (χ1) is 9.15. The number of hydrogen-bond donors (Lipinski definition) is 1. The van der Waals surface area contributed by atoms with Gasteiger partial charge in [-0.2, -0.15) is 0 Å². The predicted octanol–water partition coefficient (Wildman–Crippen LogP) is 3.85. The van der Waals surface area contributed by atoms with E-state index in [0.717, 1.165) is 0 Å². The molecule has 1 rings (SSSR count). The Bertz CT molecular complexity index is 545. The molecule has 3 nitrogen and oxygen atoms in total. The van der Waals surface area contributed by atoms with Crippen LogP contribution in [-0.2, 0) is 10.0 Å². The number of hydrogen-bond acceptors (Lipinski definition) is 2. The first-order valence-corrected chi connectivity index (χ1v) is 8.77. The van der Waals surface area contributed by atoms with Gasteiger partial charge < -0.3 is 0 Å². The number of aryl methyl sites for hydroxylation is 1. The van der Waals surface area contributed by atoms with E-state index in [1.807, 2.05) is 0 Å². The van der Waals surface area contributed by atoms with E-state index in [2.05, 4.69) is 32.4 Å². The zero-order chi connectivity index (χ0) is 15.5. The van der Waals surface area contributed by atoms with Crippen LogP contribution in [0.1, 0.15) is 33.3 Å². The van der Waals surface area contributed by atoms with Gasteiger partial charge in [-0.05, 0) is 48.4 Å². The van der Waals surface area contributed by atoms with Crippen LogP contribution in [0.5, 0.6) is 0 Å². The maximum atomic E-state index is 12.4. The van der Waals surface area contributed by atoms with Crippen LogP contribution in [0.15, 0.2) is 23.1 Å². The van der Waals surface area contributed by atoms with E-state index in [-0.39, 0.29) is 0 Å². The average molecular weight is 318 g/mol. The second kappa shape index (κ2) is 6.92. The summed E-state index contributed by atoms with van der Waals surface area (Å²) in [6, 6.07) is 4.82. The molecule has 0 aliphatic heterocycles. The SMILES string of the molecule is Cc1cc(Cl)ccc1S(=O)(=O)NCC(C(C)C)C(C)C. The lowest BCUT2D eigenvalue weighted by Crippen LogP contribution is -2.34. The van der Waals surface area contributed by atoms with Crippen molar-refractivity contribution in [1.82, 2.24) is 4.72 Å². The van der Waals surface area contributed by atoms with Gasteiger partial charge in [0.25, 0.3) is 0 Å². The number of rotatable bonds is 6. The Labute approximate surface area is 127 Å². The van der Waals surface area contributed by atoms with Crippen molar-refractivity contribution in [3.05, 3.63) is 28.8 Å². The van der Waals surface area contributed by atoms with E-state index in [0.29, 0.717) is 39.8 Å². The third-order valence-corrected chi connectivity index (χ3v) is 5.47. The third-order valence-electron chi connectivity index (χ3n) is 3.65. The van der Waals surface area contributed by atoms with Crippen LogP contribution in [0.3, 0.4) is 0 Å². The van der Waals surface area contributed by atoms with Crippen molar-refractivity contribution in [3.8, 4) is 0 Å². The molecule has 0 aliphatic rings. The lowest BCUT2D eigenvalue weighted by molar-refractivity contribution is 0.289. The minimum absolute atomic E-state index is 0.299. The maximum absolute atomic E-state index is 12.4. The van der Waals surface area contributed by atoms with Crippen molar-refractivity contribution >= 4 is 21.6 Å². The van der Waals surface area contributed by atoms with E-state index in [1.165, 1.54) is 0 Å². The minimum Gasteiger partial charge on any atom is -0.211 e. The molecule has 0 aliphatic carbocycles. The topological polar surface area (TPSA) is 46.2 Å². The number of benzene rings is 1. The van der Waals surface area contributed by atoms with Crippen molar-refractivity contribution in [2.24, 2.45) is 17.8 Å². The summed E-state index contributed by atoms with van der Waals surface area (Å²) in [5, 5.41) is 0.545. The molecular weight excluding hydrogens is 294 g/mol. The zero-order valence-corrected chi connectivity index (χ0v) is 14.3.